The van der Waals surface area contributed by atoms with Crippen LogP contribution in [0.25, 0.3) is 0 Å². The lowest BCUT2D eigenvalue weighted by molar-refractivity contribution is -0.386. The topological polar surface area (TPSA) is 52.4 Å². The highest BCUT2D eigenvalue weighted by Gasteiger charge is 2.16. The number of benzene rings is 1. The van der Waals surface area contributed by atoms with Crippen LogP contribution in [-0.4, -0.2) is 17.7 Å². The molecule has 0 N–H and O–H groups in total. The Morgan fingerprint density at radius 3 is 2.81 bits per heavy atom. The van der Waals surface area contributed by atoms with Crippen LogP contribution in [0.5, 0.6) is 5.75 Å². The molecule has 16 heavy (non-hydrogen) atoms. The van der Waals surface area contributed by atoms with Crippen LogP contribution in [0, 0.1) is 17.0 Å². The number of rotatable bonds is 5. The summed E-state index contributed by atoms with van der Waals surface area (Å²) in [5, 5.41) is 10.7. The van der Waals surface area contributed by atoms with Crippen LogP contribution >= 0.6 is 0 Å². The predicted molar refractivity (Wildman–Crippen MR) is 58.5 cm³/mol. The molecule has 0 fully saturated rings. The van der Waals surface area contributed by atoms with Crippen molar-refractivity contribution >= 4 is 5.69 Å². The molecule has 88 valence electrons. The fraction of sp³-hybridized carbons (Fsp3) is 0.455. The molecular weight excluding hydrogens is 213 g/mol. The number of alkyl halides is 1. The molecule has 0 aliphatic heterocycles. The van der Waals surface area contributed by atoms with Gasteiger partial charge in [0.25, 0.3) is 0 Å². The van der Waals surface area contributed by atoms with Crippen molar-refractivity contribution in [3.05, 3.63) is 33.9 Å². The van der Waals surface area contributed by atoms with Crippen molar-refractivity contribution < 1.29 is 14.1 Å². The summed E-state index contributed by atoms with van der Waals surface area (Å²) in [5.41, 5.74) is 0.648. The van der Waals surface area contributed by atoms with Gasteiger partial charge < -0.3 is 4.74 Å². The minimum absolute atomic E-state index is 0.117. The minimum atomic E-state index is -1.10. The summed E-state index contributed by atoms with van der Waals surface area (Å²) in [6.45, 7) is 3.29. The van der Waals surface area contributed by atoms with Crippen LogP contribution in [0.4, 0.5) is 10.1 Å². The third kappa shape index (κ3) is 3.18. The van der Waals surface area contributed by atoms with Crippen LogP contribution in [-0.2, 0) is 0 Å². The number of nitro groups is 1. The first-order chi connectivity index (χ1) is 7.54. The zero-order valence-electron chi connectivity index (χ0n) is 9.27. The normalized spacial score (nSPS) is 12.2. The largest absolute Gasteiger partial charge is 0.484 e. The van der Waals surface area contributed by atoms with E-state index in [1.165, 1.54) is 12.1 Å². The molecule has 0 saturated heterocycles. The zero-order chi connectivity index (χ0) is 12.1. The van der Waals surface area contributed by atoms with E-state index in [0.717, 1.165) is 5.56 Å². The molecule has 0 heterocycles. The van der Waals surface area contributed by atoms with Crippen molar-refractivity contribution in [2.75, 3.05) is 6.61 Å². The van der Waals surface area contributed by atoms with Crippen LogP contribution in [0.1, 0.15) is 18.9 Å². The average Bonchev–Trinajstić information content (AvgIpc) is 2.26. The van der Waals surface area contributed by atoms with Crippen molar-refractivity contribution in [3.63, 3.8) is 0 Å². The van der Waals surface area contributed by atoms with E-state index in [0.29, 0.717) is 6.42 Å². The van der Waals surface area contributed by atoms with Gasteiger partial charge in [0.2, 0.25) is 0 Å². The van der Waals surface area contributed by atoms with Gasteiger partial charge in [0.15, 0.2) is 5.75 Å². The highest BCUT2D eigenvalue weighted by atomic mass is 19.1. The van der Waals surface area contributed by atoms with Gasteiger partial charge in [0.05, 0.1) is 4.92 Å². The summed E-state index contributed by atoms with van der Waals surface area (Å²) in [5.74, 6) is 0.117. The van der Waals surface area contributed by atoms with Gasteiger partial charge in [-0.05, 0) is 25.0 Å². The maximum atomic E-state index is 12.9. The first kappa shape index (κ1) is 12.4. The first-order valence-corrected chi connectivity index (χ1v) is 5.06. The van der Waals surface area contributed by atoms with E-state index in [4.69, 9.17) is 4.74 Å². The van der Waals surface area contributed by atoms with Crippen LogP contribution < -0.4 is 4.74 Å². The maximum Gasteiger partial charge on any atom is 0.311 e. The molecule has 0 spiro atoms. The molecule has 5 heteroatoms. The number of hydrogen-bond donors (Lipinski definition) is 0. The standard InChI is InChI=1S/C11H14FNO3/c1-3-9(12)7-16-11-5-4-8(2)6-10(11)13(14)15/h4-6,9H,3,7H2,1-2H3. The molecule has 1 unspecified atom stereocenters. The highest BCUT2D eigenvalue weighted by molar-refractivity contribution is 5.48. The second-order valence-corrected chi connectivity index (χ2v) is 3.54. The molecule has 1 atom stereocenters. The van der Waals surface area contributed by atoms with Gasteiger partial charge in [0.1, 0.15) is 12.8 Å². The molecule has 1 aromatic carbocycles. The van der Waals surface area contributed by atoms with Gasteiger partial charge in [0, 0.05) is 6.07 Å². The fourth-order valence-electron chi connectivity index (χ4n) is 1.19. The van der Waals surface area contributed by atoms with Gasteiger partial charge >= 0.3 is 5.69 Å². The van der Waals surface area contributed by atoms with Gasteiger partial charge in [-0.1, -0.05) is 13.0 Å². The van der Waals surface area contributed by atoms with E-state index >= 15 is 0 Å². The Morgan fingerprint density at radius 2 is 2.25 bits per heavy atom. The fourth-order valence-corrected chi connectivity index (χ4v) is 1.19. The first-order valence-electron chi connectivity index (χ1n) is 5.06. The Morgan fingerprint density at radius 1 is 1.56 bits per heavy atom. The monoisotopic (exact) mass is 227 g/mol. The Bertz CT molecular complexity index is 381. The molecule has 1 rings (SSSR count). The maximum absolute atomic E-state index is 12.9. The van der Waals surface area contributed by atoms with Crippen LogP contribution in [0.3, 0.4) is 0 Å². The van der Waals surface area contributed by atoms with E-state index in [9.17, 15) is 14.5 Å². The zero-order valence-corrected chi connectivity index (χ0v) is 9.27. The lowest BCUT2D eigenvalue weighted by atomic mass is 10.2. The van der Waals surface area contributed by atoms with E-state index in [2.05, 4.69) is 0 Å². The predicted octanol–water partition coefficient (Wildman–Crippen LogP) is 3.03. The number of nitrogens with zero attached hydrogens (tertiary/aromatic N) is 1. The summed E-state index contributed by atoms with van der Waals surface area (Å²) in [6.07, 6.45) is -0.763. The van der Waals surface area contributed by atoms with Gasteiger partial charge in [-0.25, -0.2) is 4.39 Å². The molecule has 4 nitrogen and oxygen atoms in total. The van der Waals surface area contributed by atoms with Crippen molar-refractivity contribution in [1.29, 1.82) is 0 Å². The Labute approximate surface area is 93.2 Å². The molecule has 1 aromatic rings. The minimum Gasteiger partial charge on any atom is -0.484 e. The van der Waals surface area contributed by atoms with Gasteiger partial charge in [-0.3, -0.25) is 10.1 Å². The van der Waals surface area contributed by atoms with Gasteiger partial charge in [-0.2, -0.15) is 0 Å². The van der Waals surface area contributed by atoms with E-state index in [1.807, 2.05) is 0 Å². The molecule has 0 aromatic heterocycles. The van der Waals surface area contributed by atoms with E-state index < -0.39 is 11.1 Å². The molecule has 0 amide bonds. The third-order valence-electron chi connectivity index (χ3n) is 2.17. The summed E-state index contributed by atoms with van der Waals surface area (Å²) in [6, 6.07) is 4.60. The molecule has 0 aliphatic rings. The lowest BCUT2D eigenvalue weighted by Gasteiger charge is -2.09. The smallest absolute Gasteiger partial charge is 0.311 e. The average molecular weight is 227 g/mol. The van der Waals surface area contributed by atoms with Crippen molar-refractivity contribution in [2.24, 2.45) is 0 Å². The number of aryl methyl sites for hydroxylation is 1. The number of ether oxygens (including phenoxy) is 1. The quantitative estimate of drug-likeness (QED) is 0.573. The Kier molecular flexibility index (Phi) is 4.22. The number of hydrogen-bond acceptors (Lipinski definition) is 3. The third-order valence-corrected chi connectivity index (χ3v) is 2.17. The lowest BCUT2D eigenvalue weighted by Crippen LogP contribution is -2.12. The van der Waals surface area contributed by atoms with Crippen molar-refractivity contribution in [1.82, 2.24) is 0 Å². The number of nitro benzene ring substituents is 1. The SMILES string of the molecule is CCC(F)COc1ccc(C)cc1[N+](=O)[O-]. The number of halogens is 1. The summed E-state index contributed by atoms with van der Waals surface area (Å²) in [7, 11) is 0. The summed E-state index contributed by atoms with van der Waals surface area (Å²) >= 11 is 0. The van der Waals surface area contributed by atoms with Gasteiger partial charge in [-0.15, -0.1) is 0 Å². The van der Waals surface area contributed by atoms with Crippen LogP contribution in [0.15, 0.2) is 18.2 Å². The van der Waals surface area contributed by atoms with E-state index in [-0.39, 0.29) is 18.0 Å². The summed E-state index contributed by atoms with van der Waals surface area (Å²) in [4.78, 5) is 10.2. The highest BCUT2D eigenvalue weighted by Crippen LogP contribution is 2.27. The molecule has 0 bridgehead atoms. The second kappa shape index (κ2) is 5.44. The molecule has 0 aliphatic carbocycles. The summed E-state index contributed by atoms with van der Waals surface area (Å²) < 4.78 is 18.0. The molecule has 0 radical (unpaired) electrons. The van der Waals surface area contributed by atoms with Crippen molar-refractivity contribution in [2.45, 2.75) is 26.4 Å². The van der Waals surface area contributed by atoms with E-state index in [1.54, 1.807) is 19.9 Å². The second-order valence-electron chi connectivity index (χ2n) is 3.54. The molecule has 0 saturated carbocycles. The Hall–Kier alpha value is -1.65. The molecular formula is C11H14FNO3. The van der Waals surface area contributed by atoms with Crippen LogP contribution in [0.2, 0.25) is 0 Å². The Balaban J connectivity index is 2.82. The van der Waals surface area contributed by atoms with Crippen molar-refractivity contribution in [3.8, 4) is 5.75 Å².